The molecule has 3 heteroatoms. The molecule has 2 N–H and O–H groups in total. The lowest BCUT2D eigenvalue weighted by Crippen LogP contribution is -2.29. The Morgan fingerprint density at radius 2 is 1.89 bits per heavy atom. The number of nitrogens with two attached hydrogens (primary N) is 1. The Bertz CT molecular complexity index is 383. The first-order valence-electron chi connectivity index (χ1n) is 6.56. The van der Waals surface area contributed by atoms with E-state index in [1.165, 1.54) is 0 Å². The van der Waals surface area contributed by atoms with Gasteiger partial charge in [0.15, 0.2) is 0 Å². The largest absolute Gasteiger partial charge is 0.493 e. The van der Waals surface area contributed by atoms with Crippen LogP contribution in [-0.2, 0) is 0 Å². The highest BCUT2D eigenvalue weighted by Gasteiger charge is 2.14. The van der Waals surface area contributed by atoms with Gasteiger partial charge in [0.25, 0.3) is 0 Å². The fraction of sp³-hybridized carbons (Fsp3) is 0.600. The van der Waals surface area contributed by atoms with E-state index in [2.05, 4.69) is 45.7 Å². The first-order chi connectivity index (χ1) is 8.31. The van der Waals surface area contributed by atoms with Crippen LogP contribution in [0.1, 0.15) is 34.1 Å². The van der Waals surface area contributed by atoms with Gasteiger partial charge in [-0.3, -0.25) is 0 Å². The second kappa shape index (κ2) is 5.98. The molecule has 3 nitrogen and oxygen atoms in total. The van der Waals surface area contributed by atoms with Crippen molar-refractivity contribution >= 4 is 11.4 Å². The summed E-state index contributed by atoms with van der Waals surface area (Å²) < 4.78 is 5.65. The lowest BCUT2D eigenvalue weighted by Gasteiger charge is -2.28. The molecule has 0 unspecified atom stereocenters. The highest BCUT2D eigenvalue weighted by Crippen LogP contribution is 2.27. The van der Waals surface area contributed by atoms with Crippen molar-refractivity contribution in [2.24, 2.45) is 5.41 Å². The van der Waals surface area contributed by atoms with Gasteiger partial charge in [-0.15, -0.1) is 0 Å². The molecule has 0 radical (unpaired) electrons. The molecule has 0 aliphatic rings. The van der Waals surface area contributed by atoms with Crippen LogP contribution in [0.15, 0.2) is 18.2 Å². The van der Waals surface area contributed by atoms with Gasteiger partial charge in [0, 0.05) is 37.1 Å². The zero-order chi connectivity index (χ0) is 13.8. The van der Waals surface area contributed by atoms with Gasteiger partial charge in [-0.25, -0.2) is 0 Å². The molecule has 18 heavy (non-hydrogen) atoms. The molecule has 0 aromatic heterocycles. The maximum absolute atomic E-state index is 5.93. The maximum Gasteiger partial charge on any atom is 0.123 e. The van der Waals surface area contributed by atoms with Gasteiger partial charge < -0.3 is 15.4 Å². The van der Waals surface area contributed by atoms with Crippen molar-refractivity contribution in [3.63, 3.8) is 0 Å². The van der Waals surface area contributed by atoms with Crippen molar-refractivity contribution in [1.29, 1.82) is 0 Å². The third-order valence-electron chi connectivity index (χ3n) is 2.54. The van der Waals surface area contributed by atoms with Gasteiger partial charge in [-0.1, -0.05) is 27.7 Å². The Balaban J connectivity index is 2.84. The predicted molar refractivity (Wildman–Crippen MR) is 79.4 cm³/mol. The number of nitrogens with zero attached hydrogens (tertiary/aromatic N) is 1. The Morgan fingerprint density at radius 1 is 1.22 bits per heavy atom. The van der Waals surface area contributed by atoms with E-state index in [9.17, 15) is 0 Å². The number of nitrogen functional groups attached to an aromatic ring is 1. The molecule has 102 valence electrons. The molecule has 1 aromatic carbocycles. The van der Waals surface area contributed by atoms with Crippen LogP contribution < -0.4 is 15.4 Å². The van der Waals surface area contributed by atoms with Crippen molar-refractivity contribution in [3.05, 3.63) is 18.2 Å². The van der Waals surface area contributed by atoms with Gasteiger partial charge in [-0.05, 0) is 17.9 Å². The van der Waals surface area contributed by atoms with Gasteiger partial charge >= 0.3 is 0 Å². The Kier molecular flexibility index (Phi) is 4.88. The number of anilines is 2. The first-order valence-corrected chi connectivity index (χ1v) is 6.56. The van der Waals surface area contributed by atoms with Crippen LogP contribution in [0.4, 0.5) is 11.4 Å². The zero-order valence-corrected chi connectivity index (χ0v) is 12.3. The van der Waals surface area contributed by atoms with Crippen LogP contribution in [0, 0.1) is 5.41 Å². The fourth-order valence-electron chi connectivity index (χ4n) is 1.93. The third-order valence-corrected chi connectivity index (χ3v) is 2.54. The SMILES string of the molecule is CCCOc1cc(N)cc(N(C)CC(C)(C)C)c1. The summed E-state index contributed by atoms with van der Waals surface area (Å²) in [6.07, 6.45) is 1.00. The molecule has 0 amide bonds. The van der Waals surface area contributed by atoms with Gasteiger partial charge in [0.2, 0.25) is 0 Å². The molecule has 0 bridgehead atoms. The predicted octanol–water partition coefficient (Wildman–Crippen LogP) is 3.54. The summed E-state index contributed by atoms with van der Waals surface area (Å²) >= 11 is 0. The fourth-order valence-corrected chi connectivity index (χ4v) is 1.93. The highest BCUT2D eigenvalue weighted by atomic mass is 16.5. The number of hydrogen-bond acceptors (Lipinski definition) is 3. The average molecular weight is 250 g/mol. The molecule has 1 aromatic rings. The van der Waals surface area contributed by atoms with Crippen molar-refractivity contribution in [1.82, 2.24) is 0 Å². The Labute approximate surface area is 111 Å². The molecular formula is C15H26N2O. The van der Waals surface area contributed by atoms with E-state index in [0.717, 1.165) is 36.7 Å². The summed E-state index contributed by atoms with van der Waals surface area (Å²) in [6, 6.07) is 5.92. The second-order valence-corrected chi connectivity index (χ2v) is 6.03. The van der Waals surface area contributed by atoms with Crippen LogP contribution in [0.5, 0.6) is 5.75 Å². The van der Waals surface area contributed by atoms with Crippen LogP contribution in [0.25, 0.3) is 0 Å². The summed E-state index contributed by atoms with van der Waals surface area (Å²) in [5.41, 5.74) is 8.04. The number of hydrogen-bond donors (Lipinski definition) is 1. The summed E-state index contributed by atoms with van der Waals surface area (Å²) in [4.78, 5) is 2.22. The normalized spacial score (nSPS) is 11.4. The van der Waals surface area contributed by atoms with Crippen LogP contribution in [0.3, 0.4) is 0 Å². The molecular weight excluding hydrogens is 224 g/mol. The Hall–Kier alpha value is -1.38. The van der Waals surface area contributed by atoms with Gasteiger partial charge in [0.05, 0.1) is 6.61 Å². The van der Waals surface area contributed by atoms with E-state index in [-0.39, 0.29) is 5.41 Å². The summed E-state index contributed by atoms with van der Waals surface area (Å²) in [6.45, 7) is 10.5. The quantitative estimate of drug-likeness (QED) is 0.812. The van der Waals surface area contributed by atoms with E-state index >= 15 is 0 Å². The van der Waals surface area contributed by atoms with Crippen LogP contribution in [-0.4, -0.2) is 20.2 Å². The lowest BCUT2D eigenvalue weighted by atomic mass is 9.96. The average Bonchev–Trinajstić information content (AvgIpc) is 2.23. The van der Waals surface area contributed by atoms with Crippen molar-refractivity contribution < 1.29 is 4.74 Å². The molecule has 0 aliphatic carbocycles. The van der Waals surface area contributed by atoms with E-state index < -0.39 is 0 Å². The monoisotopic (exact) mass is 250 g/mol. The first kappa shape index (κ1) is 14.7. The minimum absolute atomic E-state index is 0.254. The molecule has 0 heterocycles. The number of benzene rings is 1. The molecule has 0 spiro atoms. The Morgan fingerprint density at radius 3 is 2.44 bits per heavy atom. The minimum atomic E-state index is 0.254. The molecule has 0 atom stereocenters. The summed E-state index contributed by atoms with van der Waals surface area (Å²) in [5.74, 6) is 0.854. The van der Waals surface area contributed by atoms with E-state index in [1.807, 2.05) is 12.1 Å². The van der Waals surface area contributed by atoms with Gasteiger partial charge in [-0.2, -0.15) is 0 Å². The minimum Gasteiger partial charge on any atom is -0.493 e. The smallest absolute Gasteiger partial charge is 0.123 e. The van der Waals surface area contributed by atoms with Crippen LogP contribution in [0.2, 0.25) is 0 Å². The van der Waals surface area contributed by atoms with Gasteiger partial charge in [0.1, 0.15) is 5.75 Å². The lowest BCUT2D eigenvalue weighted by molar-refractivity contribution is 0.317. The molecule has 0 fully saturated rings. The highest BCUT2D eigenvalue weighted by molar-refractivity contribution is 5.60. The maximum atomic E-state index is 5.93. The summed E-state index contributed by atoms with van der Waals surface area (Å²) in [5, 5.41) is 0. The second-order valence-electron chi connectivity index (χ2n) is 6.03. The third kappa shape index (κ3) is 4.86. The summed E-state index contributed by atoms with van der Waals surface area (Å²) in [7, 11) is 2.09. The molecule has 0 saturated carbocycles. The zero-order valence-electron chi connectivity index (χ0n) is 12.3. The standard InChI is InChI=1S/C15H26N2O/c1-6-7-18-14-9-12(16)8-13(10-14)17(5)11-15(2,3)4/h8-10H,6-7,11,16H2,1-5H3. The topological polar surface area (TPSA) is 38.5 Å². The number of ether oxygens (including phenoxy) is 1. The molecule has 1 rings (SSSR count). The van der Waals surface area contributed by atoms with E-state index in [1.54, 1.807) is 0 Å². The van der Waals surface area contributed by atoms with Crippen molar-refractivity contribution in [2.75, 3.05) is 30.8 Å². The van der Waals surface area contributed by atoms with E-state index in [4.69, 9.17) is 10.5 Å². The molecule has 0 saturated heterocycles. The van der Waals surface area contributed by atoms with Crippen LogP contribution >= 0.6 is 0 Å². The number of rotatable bonds is 5. The van der Waals surface area contributed by atoms with Crippen molar-refractivity contribution in [3.8, 4) is 5.75 Å². The molecule has 0 aliphatic heterocycles. The van der Waals surface area contributed by atoms with E-state index in [0.29, 0.717) is 0 Å². The van der Waals surface area contributed by atoms with Crippen molar-refractivity contribution in [2.45, 2.75) is 34.1 Å².